The van der Waals surface area contributed by atoms with Crippen molar-refractivity contribution in [3.63, 3.8) is 0 Å². The fourth-order valence-corrected chi connectivity index (χ4v) is 3.45. The van der Waals surface area contributed by atoms with Crippen LogP contribution < -0.4 is 11.1 Å². The Kier molecular flexibility index (Phi) is 4.04. The van der Waals surface area contributed by atoms with Gasteiger partial charge in [0.15, 0.2) is 0 Å². The number of hydrogen-bond donors (Lipinski definition) is 2. The number of likely N-dealkylation sites (tertiary alicyclic amines) is 1. The molecule has 0 saturated carbocycles. The molecule has 19 heavy (non-hydrogen) atoms. The molecule has 0 radical (unpaired) electrons. The van der Waals surface area contributed by atoms with Crippen molar-refractivity contribution >= 4 is 5.69 Å². The van der Waals surface area contributed by atoms with Crippen molar-refractivity contribution in [2.45, 2.75) is 25.2 Å². The van der Waals surface area contributed by atoms with Gasteiger partial charge >= 0.3 is 0 Å². The Labute approximate surface area is 116 Å². The molecule has 0 aromatic heterocycles. The molecule has 0 unspecified atom stereocenters. The number of nitrogens with zero attached hydrogens (tertiary/aromatic N) is 1. The zero-order valence-electron chi connectivity index (χ0n) is 11.6. The van der Waals surface area contributed by atoms with E-state index in [-0.39, 0.29) is 0 Å². The summed E-state index contributed by atoms with van der Waals surface area (Å²) >= 11 is 0. The first-order valence-electron chi connectivity index (χ1n) is 7.60. The first kappa shape index (κ1) is 12.9. The fraction of sp³-hybridized carbons (Fsp3) is 0.625. The number of nitrogen functional groups attached to an aromatic ring is 1. The minimum atomic E-state index is 0.735. The highest BCUT2D eigenvalue weighted by Gasteiger charge is 2.23. The Morgan fingerprint density at radius 3 is 2.47 bits per heavy atom. The van der Waals surface area contributed by atoms with Crippen molar-refractivity contribution in [2.75, 3.05) is 38.5 Å². The molecule has 0 spiro atoms. The second-order valence-electron chi connectivity index (χ2n) is 6.10. The average molecular weight is 259 g/mol. The summed E-state index contributed by atoms with van der Waals surface area (Å²) in [6.45, 7) is 6.24. The van der Waals surface area contributed by atoms with Gasteiger partial charge in [0.2, 0.25) is 0 Å². The molecule has 0 amide bonds. The minimum absolute atomic E-state index is 0.735. The largest absolute Gasteiger partial charge is 0.399 e. The zero-order valence-corrected chi connectivity index (χ0v) is 11.6. The lowest BCUT2D eigenvalue weighted by Crippen LogP contribution is -2.37. The molecule has 2 heterocycles. The van der Waals surface area contributed by atoms with E-state index in [0.29, 0.717) is 0 Å². The molecule has 0 bridgehead atoms. The highest BCUT2D eigenvalue weighted by Crippen LogP contribution is 2.29. The van der Waals surface area contributed by atoms with Crippen LogP contribution in [0.15, 0.2) is 24.3 Å². The summed E-state index contributed by atoms with van der Waals surface area (Å²) < 4.78 is 0. The van der Waals surface area contributed by atoms with Crippen LogP contribution in [0, 0.1) is 5.92 Å². The number of hydrogen-bond acceptors (Lipinski definition) is 3. The van der Waals surface area contributed by atoms with Crippen molar-refractivity contribution in [1.29, 1.82) is 0 Å². The summed E-state index contributed by atoms with van der Waals surface area (Å²) in [5, 5.41) is 3.46. The van der Waals surface area contributed by atoms with E-state index in [0.717, 1.165) is 17.5 Å². The van der Waals surface area contributed by atoms with E-state index in [4.69, 9.17) is 5.73 Å². The maximum Gasteiger partial charge on any atom is 0.0314 e. The van der Waals surface area contributed by atoms with Crippen LogP contribution in [0.4, 0.5) is 5.69 Å². The number of rotatable bonds is 3. The van der Waals surface area contributed by atoms with Crippen LogP contribution in [0.2, 0.25) is 0 Å². The van der Waals surface area contributed by atoms with E-state index in [1.165, 1.54) is 57.5 Å². The van der Waals surface area contributed by atoms with Crippen LogP contribution >= 0.6 is 0 Å². The maximum absolute atomic E-state index is 5.76. The third-order valence-electron chi connectivity index (χ3n) is 4.67. The molecular formula is C16H25N3. The van der Waals surface area contributed by atoms with Gasteiger partial charge in [0.1, 0.15) is 0 Å². The lowest BCUT2D eigenvalue weighted by Gasteiger charge is -2.33. The maximum atomic E-state index is 5.76. The number of nitrogens with one attached hydrogen (secondary N) is 1. The minimum Gasteiger partial charge on any atom is -0.399 e. The highest BCUT2D eigenvalue weighted by atomic mass is 15.1. The van der Waals surface area contributed by atoms with E-state index >= 15 is 0 Å². The SMILES string of the molecule is Nc1ccc(C2CCN(C[C@@H]3CCNC3)CC2)cc1. The number of benzene rings is 1. The van der Waals surface area contributed by atoms with Gasteiger partial charge in [-0.1, -0.05) is 12.1 Å². The van der Waals surface area contributed by atoms with Crippen molar-refractivity contribution in [3.05, 3.63) is 29.8 Å². The molecule has 1 aromatic carbocycles. The van der Waals surface area contributed by atoms with E-state index < -0.39 is 0 Å². The standard InChI is InChI=1S/C16H25N3/c17-16-3-1-14(2-4-16)15-6-9-19(10-7-15)12-13-5-8-18-11-13/h1-4,13,15,18H,5-12,17H2/t13-/m1/s1. The molecule has 1 aromatic rings. The molecule has 2 aliphatic rings. The average Bonchev–Trinajstić information content (AvgIpc) is 2.94. The quantitative estimate of drug-likeness (QED) is 0.816. The van der Waals surface area contributed by atoms with Gasteiger partial charge in [-0.05, 0) is 75.0 Å². The molecular weight excluding hydrogens is 234 g/mol. The van der Waals surface area contributed by atoms with Gasteiger partial charge in [0.25, 0.3) is 0 Å². The second-order valence-corrected chi connectivity index (χ2v) is 6.10. The van der Waals surface area contributed by atoms with Gasteiger partial charge in [0, 0.05) is 12.2 Å². The number of nitrogens with two attached hydrogens (primary N) is 1. The van der Waals surface area contributed by atoms with Crippen molar-refractivity contribution in [3.8, 4) is 0 Å². The third kappa shape index (κ3) is 3.28. The molecule has 0 aliphatic carbocycles. The lowest BCUT2D eigenvalue weighted by atomic mass is 9.89. The van der Waals surface area contributed by atoms with Crippen LogP contribution in [0.1, 0.15) is 30.7 Å². The van der Waals surface area contributed by atoms with Crippen LogP contribution in [-0.4, -0.2) is 37.6 Å². The topological polar surface area (TPSA) is 41.3 Å². The Morgan fingerprint density at radius 2 is 1.84 bits per heavy atom. The first-order chi connectivity index (χ1) is 9.31. The van der Waals surface area contributed by atoms with Gasteiger partial charge < -0.3 is 16.0 Å². The van der Waals surface area contributed by atoms with Crippen molar-refractivity contribution < 1.29 is 0 Å². The van der Waals surface area contributed by atoms with Gasteiger partial charge in [-0.3, -0.25) is 0 Å². The van der Waals surface area contributed by atoms with Crippen molar-refractivity contribution in [2.24, 2.45) is 5.92 Å². The van der Waals surface area contributed by atoms with Crippen LogP contribution in [0.25, 0.3) is 0 Å². The van der Waals surface area contributed by atoms with Crippen LogP contribution in [-0.2, 0) is 0 Å². The monoisotopic (exact) mass is 259 g/mol. The predicted molar refractivity (Wildman–Crippen MR) is 80.2 cm³/mol. The number of piperidine rings is 1. The molecule has 2 saturated heterocycles. The first-order valence-corrected chi connectivity index (χ1v) is 7.60. The third-order valence-corrected chi connectivity index (χ3v) is 4.67. The van der Waals surface area contributed by atoms with E-state index in [2.05, 4.69) is 22.3 Å². The Hall–Kier alpha value is -1.06. The molecule has 1 atom stereocenters. The molecule has 3 nitrogen and oxygen atoms in total. The summed E-state index contributed by atoms with van der Waals surface area (Å²) in [5.41, 5.74) is 8.09. The fourth-order valence-electron chi connectivity index (χ4n) is 3.45. The molecule has 104 valence electrons. The van der Waals surface area contributed by atoms with Crippen molar-refractivity contribution in [1.82, 2.24) is 10.2 Å². The normalized spacial score (nSPS) is 25.8. The smallest absolute Gasteiger partial charge is 0.0314 e. The molecule has 2 aliphatic heterocycles. The second kappa shape index (κ2) is 5.93. The summed E-state index contributed by atoms with van der Waals surface area (Å²) in [7, 11) is 0. The highest BCUT2D eigenvalue weighted by molar-refractivity contribution is 5.40. The van der Waals surface area contributed by atoms with Crippen LogP contribution in [0.3, 0.4) is 0 Å². The summed E-state index contributed by atoms with van der Waals surface area (Å²) in [5.74, 6) is 1.62. The lowest BCUT2D eigenvalue weighted by molar-refractivity contribution is 0.187. The molecule has 3 heteroatoms. The van der Waals surface area contributed by atoms with Gasteiger partial charge in [-0.2, -0.15) is 0 Å². The van der Waals surface area contributed by atoms with Gasteiger partial charge in [-0.15, -0.1) is 0 Å². The van der Waals surface area contributed by atoms with Gasteiger partial charge in [0.05, 0.1) is 0 Å². The van der Waals surface area contributed by atoms with Gasteiger partial charge in [-0.25, -0.2) is 0 Å². The zero-order chi connectivity index (χ0) is 13.1. The summed E-state index contributed by atoms with van der Waals surface area (Å²) in [4.78, 5) is 2.66. The number of anilines is 1. The van der Waals surface area contributed by atoms with E-state index in [9.17, 15) is 0 Å². The van der Waals surface area contributed by atoms with E-state index in [1.54, 1.807) is 0 Å². The Bertz CT molecular complexity index is 387. The molecule has 3 N–H and O–H groups in total. The summed E-state index contributed by atoms with van der Waals surface area (Å²) in [6, 6.07) is 8.48. The summed E-state index contributed by atoms with van der Waals surface area (Å²) in [6.07, 6.45) is 3.95. The molecule has 3 rings (SSSR count). The Balaban J connectivity index is 1.50. The van der Waals surface area contributed by atoms with E-state index in [1.807, 2.05) is 12.1 Å². The molecule has 2 fully saturated rings. The van der Waals surface area contributed by atoms with Crippen LogP contribution in [0.5, 0.6) is 0 Å². The predicted octanol–water partition coefficient (Wildman–Crippen LogP) is 2.06. The Morgan fingerprint density at radius 1 is 1.11 bits per heavy atom.